The minimum absolute atomic E-state index is 0.0764. The molecule has 0 fully saturated rings. The van der Waals surface area contributed by atoms with E-state index in [2.05, 4.69) is 10.3 Å². The number of aliphatic hydroxyl groups is 1. The summed E-state index contributed by atoms with van der Waals surface area (Å²) >= 11 is 0. The molecule has 0 radical (unpaired) electrons. The minimum atomic E-state index is -1.70. The SMILES string of the molecule is CCOC(=O)C1=NOC2(O)c3cn(Cc4ccc(OC)cc4)nc3C[C@H](C)C12. The highest BCUT2D eigenvalue weighted by Crippen LogP contribution is 2.47. The average molecular weight is 385 g/mol. The predicted molar refractivity (Wildman–Crippen MR) is 99.7 cm³/mol. The van der Waals surface area contributed by atoms with Gasteiger partial charge in [-0.2, -0.15) is 5.10 Å². The van der Waals surface area contributed by atoms with E-state index in [0.717, 1.165) is 17.0 Å². The van der Waals surface area contributed by atoms with Crippen LogP contribution in [0.4, 0.5) is 0 Å². The summed E-state index contributed by atoms with van der Waals surface area (Å²) in [5, 5.41) is 19.8. The molecule has 2 aliphatic rings. The van der Waals surface area contributed by atoms with Crippen LogP contribution in [-0.2, 0) is 33.1 Å². The van der Waals surface area contributed by atoms with Gasteiger partial charge < -0.3 is 19.4 Å². The van der Waals surface area contributed by atoms with Crippen LogP contribution in [0.3, 0.4) is 0 Å². The Morgan fingerprint density at radius 3 is 2.82 bits per heavy atom. The molecular weight excluding hydrogens is 362 g/mol. The molecule has 28 heavy (non-hydrogen) atoms. The van der Waals surface area contributed by atoms with Gasteiger partial charge in [0.05, 0.1) is 37.4 Å². The molecule has 0 saturated heterocycles. The highest BCUT2D eigenvalue weighted by Gasteiger charge is 2.58. The van der Waals surface area contributed by atoms with Gasteiger partial charge in [-0.05, 0) is 37.0 Å². The van der Waals surface area contributed by atoms with E-state index in [9.17, 15) is 9.90 Å². The molecule has 0 saturated carbocycles. The molecule has 2 aromatic rings. The Hall–Kier alpha value is -2.87. The average Bonchev–Trinajstić information content (AvgIpc) is 3.24. The molecule has 0 amide bonds. The van der Waals surface area contributed by atoms with Crippen molar-refractivity contribution in [1.82, 2.24) is 9.78 Å². The molecule has 1 aliphatic heterocycles. The van der Waals surface area contributed by atoms with Crippen LogP contribution in [0.2, 0.25) is 0 Å². The van der Waals surface area contributed by atoms with Crippen molar-refractivity contribution < 1.29 is 24.2 Å². The fourth-order valence-corrected chi connectivity index (χ4v) is 3.99. The molecule has 3 atom stereocenters. The standard InChI is InChI=1S/C20H23N3O5/c1-4-27-19(24)18-17-12(2)9-16-15(20(17,25)28-22-18)11-23(21-16)10-13-5-7-14(26-3)8-6-13/h5-8,11-12,17,25H,4,9-10H2,1-3H3/t12-,17?,20?/m0/s1. The van der Waals surface area contributed by atoms with Crippen molar-refractivity contribution in [3.63, 3.8) is 0 Å². The topological polar surface area (TPSA) is 95.2 Å². The fourth-order valence-electron chi connectivity index (χ4n) is 3.99. The zero-order valence-electron chi connectivity index (χ0n) is 16.1. The Labute approximate surface area is 162 Å². The van der Waals surface area contributed by atoms with Crippen LogP contribution in [0.1, 0.15) is 30.7 Å². The zero-order valence-corrected chi connectivity index (χ0v) is 16.1. The molecule has 4 rings (SSSR count). The van der Waals surface area contributed by atoms with E-state index in [1.807, 2.05) is 31.2 Å². The maximum absolute atomic E-state index is 12.2. The summed E-state index contributed by atoms with van der Waals surface area (Å²) in [6.07, 6.45) is 2.38. The zero-order chi connectivity index (χ0) is 19.9. The van der Waals surface area contributed by atoms with E-state index in [0.29, 0.717) is 18.5 Å². The lowest BCUT2D eigenvalue weighted by Gasteiger charge is -2.35. The number of carbonyl (C=O) groups excluding carboxylic acids is 1. The number of nitrogens with zero attached hydrogens (tertiary/aromatic N) is 3. The number of oxime groups is 1. The second-order valence-electron chi connectivity index (χ2n) is 7.18. The summed E-state index contributed by atoms with van der Waals surface area (Å²) in [6.45, 7) is 4.46. The summed E-state index contributed by atoms with van der Waals surface area (Å²) in [6, 6.07) is 7.72. The van der Waals surface area contributed by atoms with Gasteiger partial charge in [-0.1, -0.05) is 24.2 Å². The van der Waals surface area contributed by atoms with Crippen molar-refractivity contribution in [2.24, 2.45) is 17.0 Å². The molecule has 1 N–H and O–H groups in total. The van der Waals surface area contributed by atoms with Gasteiger partial charge in [-0.3, -0.25) is 4.68 Å². The quantitative estimate of drug-likeness (QED) is 0.789. The number of hydrogen-bond donors (Lipinski definition) is 1. The summed E-state index contributed by atoms with van der Waals surface area (Å²) in [7, 11) is 1.63. The predicted octanol–water partition coefficient (Wildman–Crippen LogP) is 1.84. The van der Waals surface area contributed by atoms with Crippen LogP contribution < -0.4 is 4.74 Å². The number of esters is 1. The fraction of sp³-hybridized carbons (Fsp3) is 0.450. The lowest BCUT2D eigenvalue weighted by Crippen LogP contribution is -2.46. The van der Waals surface area contributed by atoms with Gasteiger partial charge in [-0.25, -0.2) is 4.79 Å². The van der Waals surface area contributed by atoms with E-state index in [1.165, 1.54) is 0 Å². The summed E-state index contributed by atoms with van der Waals surface area (Å²) < 4.78 is 12.0. The Balaban J connectivity index is 1.61. The van der Waals surface area contributed by atoms with Gasteiger partial charge in [0.25, 0.3) is 5.79 Å². The molecule has 2 heterocycles. The maximum atomic E-state index is 12.2. The lowest BCUT2D eigenvalue weighted by atomic mass is 9.73. The minimum Gasteiger partial charge on any atom is -0.497 e. The first kappa shape index (κ1) is 18.5. The number of methoxy groups -OCH3 is 1. The van der Waals surface area contributed by atoms with E-state index < -0.39 is 17.7 Å². The molecule has 8 heteroatoms. The first-order valence-electron chi connectivity index (χ1n) is 9.31. The first-order valence-corrected chi connectivity index (χ1v) is 9.31. The first-order chi connectivity index (χ1) is 13.5. The number of rotatable bonds is 5. The van der Waals surface area contributed by atoms with Crippen LogP contribution in [-0.4, -0.2) is 40.3 Å². The normalized spacial score (nSPS) is 25.4. The van der Waals surface area contributed by atoms with Gasteiger partial charge in [-0.15, -0.1) is 0 Å². The molecule has 148 valence electrons. The molecule has 2 unspecified atom stereocenters. The van der Waals surface area contributed by atoms with Gasteiger partial charge >= 0.3 is 5.97 Å². The van der Waals surface area contributed by atoms with Crippen LogP contribution >= 0.6 is 0 Å². The van der Waals surface area contributed by atoms with E-state index >= 15 is 0 Å². The monoisotopic (exact) mass is 385 g/mol. The highest BCUT2D eigenvalue weighted by molar-refractivity contribution is 6.37. The number of ether oxygens (including phenoxy) is 2. The van der Waals surface area contributed by atoms with Crippen molar-refractivity contribution in [2.75, 3.05) is 13.7 Å². The molecule has 0 bridgehead atoms. The molecule has 0 spiro atoms. The maximum Gasteiger partial charge on any atom is 0.356 e. The van der Waals surface area contributed by atoms with E-state index in [-0.39, 0.29) is 18.2 Å². The number of carbonyl (C=O) groups is 1. The Kier molecular flexibility index (Phi) is 4.58. The number of aromatic nitrogens is 2. The summed E-state index contributed by atoms with van der Waals surface area (Å²) in [5.74, 6) is -2.13. The number of benzene rings is 1. The van der Waals surface area contributed by atoms with Crippen LogP contribution in [0.25, 0.3) is 0 Å². The van der Waals surface area contributed by atoms with Crippen LogP contribution in [0.15, 0.2) is 35.6 Å². The van der Waals surface area contributed by atoms with Gasteiger partial charge in [0.1, 0.15) is 5.75 Å². The van der Waals surface area contributed by atoms with Crippen LogP contribution in [0.5, 0.6) is 5.75 Å². The third-order valence-electron chi connectivity index (χ3n) is 5.30. The van der Waals surface area contributed by atoms with Gasteiger partial charge in [0, 0.05) is 6.20 Å². The second kappa shape index (κ2) is 6.94. The van der Waals surface area contributed by atoms with Gasteiger partial charge in [0.2, 0.25) is 0 Å². The summed E-state index contributed by atoms with van der Waals surface area (Å²) in [4.78, 5) is 17.6. The number of fused-ring (bicyclic) bond motifs is 3. The molecule has 1 aromatic carbocycles. The Morgan fingerprint density at radius 2 is 2.14 bits per heavy atom. The third kappa shape index (κ3) is 2.93. The van der Waals surface area contributed by atoms with Crippen molar-refractivity contribution in [1.29, 1.82) is 0 Å². The van der Waals surface area contributed by atoms with Crippen molar-refractivity contribution in [3.05, 3.63) is 47.3 Å². The van der Waals surface area contributed by atoms with Crippen molar-refractivity contribution in [3.8, 4) is 5.75 Å². The van der Waals surface area contributed by atoms with Crippen molar-refractivity contribution >= 4 is 11.7 Å². The molecule has 1 aromatic heterocycles. The van der Waals surface area contributed by atoms with Gasteiger partial charge in [0.15, 0.2) is 5.71 Å². The largest absolute Gasteiger partial charge is 0.497 e. The lowest BCUT2D eigenvalue weighted by molar-refractivity contribution is -0.229. The van der Waals surface area contributed by atoms with Crippen molar-refractivity contribution in [2.45, 2.75) is 32.6 Å². The number of hydrogen-bond acceptors (Lipinski definition) is 7. The van der Waals surface area contributed by atoms with E-state index in [1.54, 1.807) is 24.9 Å². The summed E-state index contributed by atoms with van der Waals surface area (Å²) in [5.41, 5.74) is 2.48. The second-order valence-corrected chi connectivity index (χ2v) is 7.18. The smallest absolute Gasteiger partial charge is 0.356 e. The third-order valence-corrected chi connectivity index (χ3v) is 5.30. The molecular formula is C20H23N3O5. The van der Waals surface area contributed by atoms with Crippen LogP contribution in [0, 0.1) is 11.8 Å². The molecule has 1 aliphatic carbocycles. The Morgan fingerprint density at radius 1 is 1.39 bits per heavy atom. The highest BCUT2D eigenvalue weighted by atomic mass is 16.7. The van der Waals surface area contributed by atoms with E-state index in [4.69, 9.17) is 14.3 Å². The Bertz CT molecular complexity index is 920. The molecule has 8 nitrogen and oxygen atoms in total.